The van der Waals surface area contributed by atoms with E-state index in [2.05, 4.69) is 9.97 Å². The van der Waals surface area contributed by atoms with Gasteiger partial charge in [0.05, 0.1) is 31.3 Å². The Morgan fingerprint density at radius 2 is 2.23 bits per heavy atom. The van der Waals surface area contributed by atoms with Crippen molar-refractivity contribution in [1.29, 1.82) is 0 Å². The molecule has 70 valence electrons. The quantitative estimate of drug-likeness (QED) is 0.743. The number of aromatic nitrogens is 2. The molecule has 0 amide bonds. The highest BCUT2D eigenvalue weighted by Gasteiger charge is 2.22. The van der Waals surface area contributed by atoms with Crippen LogP contribution in [0.2, 0.25) is 0 Å². The van der Waals surface area contributed by atoms with Crippen molar-refractivity contribution in [3.05, 3.63) is 18.1 Å². The van der Waals surface area contributed by atoms with Crippen molar-refractivity contribution in [1.82, 2.24) is 9.97 Å². The molecule has 2 rings (SSSR count). The summed E-state index contributed by atoms with van der Waals surface area (Å²) in [4.78, 5) is 7.96. The summed E-state index contributed by atoms with van der Waals surface area (Å²) in [6, 6.07) is 0. The molecule has 0 aliphatic heterocycles. The van der Waals surface area contributed by atoms with Crippen LogP contribution in [0.25, 0.3) is 0 Å². The molecule has 0 aromatic carbocycles. The van der Waals surface area contributed by atoms with Gasteiger partial charge in [0, 0.05) is 0 Å². The number of hydrogen-bond acceptors (Lipinski definition) is 4. The van der Waals surface area contributed by atoms with Crippen molar-refractivity contribution in [3.8, 4) is 5.88 Å². The molecule has 0 unspecified atom stereocenters. The van der Waals surface area contributed by atoms with E-state index in [1.54, 1.807) is 6.20 Å². The second-order valence-corrected chi connectivity index (χ2v) is 3.26. The standard InChI is InChI=1S/C9H12N2O2/c12-5-8-3-11-9(4-10-8)13-6-7-1-2-7/h3-4,7,12H,1-2,5-6H2. The van der Waals surface area contributed by atoms with Gasteiger partial charge in [-0.15, -0.1) is 0 Å². The highest BCUT2D eigenvalue weighted by molar-refractivity contribution is 5.06. The maximum atomic E-state index is 8.71. The van der Waals surface area contributed by atoms with Crippen molar-refractivity contribution in [2.24, 2.45) is 5.92 Å². The van der Waals surface area contributed by atoms with Crippen LogP contribution in [0, 0.1) is 5.92 Å². The summed E-state index contributed by atoms with van der Waals surface area (Å²) in [6.45, 7) is 0.670. The largest absolute Gasteiger partial charge is 0.476 e. The monoisotopic (exact) mass is 180 g/mol. The molecule has 1 aliphatic rings. The molecule has 1 fully saturated rings. The average molecular weight is 180 g/mol. The number of hydrogen-bond donors (Lipinski definition) is 1. The predicted molar refractivity (Wildman–Crippen MR) is 46.2 cm³/mol. The molecule has 1 aromatic rings. The molecular weight excluding hydrogens is 168 g/mol. The smallest absolute Gasteiger partial charge is 0.232 e. The Morgan fingerprint density at radius 3 is 2.77 bits per heavy atom. The van der Waals surface area contributed by atoms with Gasteiger partial charge >= 0.3 is 0 Å². The summed E-state index contributed by atoms with van der Waals surface area (Å²) in [5.41, 5.74) is 0.568. The van der Waals surface area contributed by atoms with Crippen LogP contribution < -0.4 is 4.74 Å². The second-order valence-electron chi connectivity index (χ2n) is 3.26. The normalized spacial score (nSPS) is 15.8. The number of nitrogens with zero attached hydrogens (tertiary/aromatic N) is 2. The molecule has 0 bridgehead atoms. The highest BCUT2D eigenvalue weighted by Crippen LogP contribution is 2.28. The predicted octanol–water partition coefficient (Wildman–Crippen LogP) is 0.758. The van der Waals surface area contributed by atoms with Crippen molar-refractivity contribution < 1.29 is 9.84 Å². The summed E-state index contributed by atoms with van der Waals surface area (Å²) in [7, 11) is 0. The Kier molecular flexibility index (Phi) is 2.40. The summed E-state index contributed by atoms with van der Waals surface area (Å²) in [5.74, 6) is 1.27. The van der Waals surface area contributed by atoms with Crippen LogP contribution >= 0.6 is 0 Å². The lowest BCUT2D eigenvalue weighted by Gasteiger charge is -2.02. The van der Waals surface area contributed by atoms with Crippen LogP contribution in [-0.2, 0) is 6.61 Å². The lowest BCUT2D eigenvalue weighted by atomic mass is 10.5. The van der Waals surface area contributed by atoms with E-state index in [1.807, 2.05) is 0 Å². The molecule has 1 N–H and O–H groups in total. The average Bonchev–Trinajstić information content (AvgIpc) is 2.99. The van der Waals surface area contributed by atoms with Crippen LogP contribution in [0.3, 0.4) is 0 Å². The van der Waals surface area contributed by atoms with Crippen molar-refractivity contribution in [2.45, 2.75) is 19.4 Å². The van der Waals surface area contributed by atoms with Gasteiger partial charge in [-0.1, -0.05) is 0 Å². The first kappa shape index (κ1) is 8.44. The van der Waals surface area contributed by atoms with Crippen LogP contribution in [0.1, 0.15) is 18.5 Å². The van der Waals surface area contributed by atoms with Gasteiger partial charge < -0.3 is 9.84 Å². The van der Waals surface area contributed by atoms with Gasteiger partial charge in [0.2, 0.25) is 5.88 Å². The Labute approximate surface area is 76.6 Å². The lowest BCUT2D eigenvalue weighted by Crippen LogP contribution is -2.01. The lowest BCUT2D eigenvalue weighted by molar-refractivity contribution is 0.270. The van der Waals surface area contributed by atoms with Gasteiger partial charge in [-0.05, 0) is 18.8 Å². The first-order valence-electron chi connectivity index (χ1n) is 4.43. The van der Waals surface area contributed by atoms with E-state index >= 15 is 0 Å². The summed E-state index contributed by atoms with van der Waals surface area (Å²) in [5, 5.41) is 8.71. The van der Waals surface area contributed by atoms with E-state index in [1.165, 1.54) is 19.0 Å². The van der Waals surface area contributed by atoms with E-state index in [9.17, 15) is 0 Å². The van der Waals surface area contributed by atoms with Gasteiger partial charge in [-0.2, -0.15) is 0 Å². The van der Waals surface area contributed by atoms with E-state index in [0.29, 0.717) is 11.6 Å². The number of aliphatic hydroxyl groups excluding tert-OH is 1. The second kappa shape index (κ2) is 3.70. The molecule has 1 saturated carbocycles. The van der Waals surface area contributed by atoms with Gasteiger partial charge in [0.1, 0.15) is 0 Å². The summed E-state index contributed by atoms with van der Waals surface area (Å²) in [6.07, 6.45) is 5.61. The summed E-state index contributed by atoms with van der Waals surface area (Å²) >= 11 is 0. The van der Waals surface area contributed by atoms with Crippen molar-refractivity contribution in [2.75, 3.05) is 6.61 Å². The number of ether oxygens (including phenoxy) is 1. The molecule has 0 atom stereocenters. The van der Waals surface area contributed by atoms with Crippen LogP contribution in [-0.4, -0.2) is 21.7 Å². The molecule has 13 heavy (non-hydrogen) atoms. The van der Waals surface area contributed by atoms with Crippen molar-refractivity contribution >= 4 is 0 Å². The zero-order valence-corrected chi connectivity index (χ0v) is 7.31. The van der Waals surface area contributed by atoms with Gasteiger partial charge in [0.25, 0.3) is 0 Å². The molecular formula is C9H12N2O2. The minimum atomic E-state index is -0.0735. The van der Waals surface area contributed by atoms with E-state index in [4.69, 9.17) is 9.84 Å². The van der Waals surface area contributed by atoms with Crippen LogP contribution in [0.4, 0.5) is 0 Å². The van der Waals surface area contributed by atoms with Crippen molar-refractivity contribution in [3.63, 3.8) is 0 Å². The minimum absolute atomic E-state index is 0.0735. The highest BCUT2D eigenvalue weighted by atomic mass is 16.5. The molecule has 0 saturated heterocycles. The van der Waals surface area contributed by atoms with Gasteiger partial charge in [0.15, 0.2) is 0 Å². The Balaban J connectivity index is 1.88. The van der Waals surface area contributed by atoms with E-state index in [-0.39, 0.29) is 6.61 Å². The Bertz CT molecular complexity index is 269. The Hall–Kier alpha value is -1.16. The number of rotatable bonds is 4. The molecule has 4 nitrogen and oxygen atoms in total. The fourth-order valence-electron chi connectivity index (χ4n) is 0.987. The first-order valence-corrected chi connectivity index (χ1v) is 4.43. The van der Waals surface area contributed by atoms with Crippen LogP contribution in [0.5, 0.6) is 5.88 Å². The molecule has 4 heteroatoms. The third-order valence-corrected chi connectivity index (χ3v) is 2.01. The molecule has 1 aliphatic carbocycles. The minimum Gasteiger partial charge on any atom is -0.476 e. The zero-order chi connectivity index (χ0) is 9.10. The first-order chi connectivity index (χ1) is 6.38. The third kappa shape index (κ3) is 2.39. The van der Waals surface area contributed by atoms with E-state index in [0.717, 1.165) is 12.5 Å². The molecule has 0 radical (unpaired) electrons. The van der Waals surface area contributed by atoms with E-state index < -0.39 is 0 Å². The van der Waals surface area contributed by atoms with Gasteiger partial charge in [-0.25, -0.2) is 4.98 Å². The number of aliphatic hydroxyl groups is 1. The third-order valence-electron chi connectivity index (χ3n) is 2.01. The topological polar surface area (TPSA) is 55.2 Å². The van der Waals surface area contributed by atoms with Gasteiger partial charge in [-0.3, -0.25) is 4.98 Å². The molecule has 1 aromatic heterocycles. The molecule has 0 spiro atoms. The summed E-state index contributed by atoms with van der Waals surface area (Å²) < 4.78 is 5.37. The molecule has 1 heterocycles. The SMILES string of the molecule is OCc1cnc(OCC2CC2)cn1. The fourth-order valence-corrected chi connectivity index (χ4v) is 0.987. The zero-order valence-electron chi connectivity index (χ0n) is 7.31. The fraction of sp³-hybridized carbons (Fsp3) is 0.556. The maximum Gasteiger partial charge on any atom is 0.232 e. The van der Waals surface area contributed by atoms with Crippen LogP contribution in [0.15, 0.2) is 12.4 Å². The Morgan fingerprint density at radius 1 is 1.38 bits per heavy atom. The maximum absolute atomic E-state index is 8.71.